The van der Waals surface area contributed by atoms with Crippen molar-refractivity contribution >= 4 is 17.7 Å². The van der Waals surface area contributed by atoms with Crippen LogP contribution in [0, 0.1) is 0 Å². The lowest BCUT2D eigenvalue weighted by atomic mass is 10.2. The predicted octanol–water partition coefficient (Wildman–Crippen LogP) is 2.57. The zero-order valence-electron chi connectivity index (χ0n) is 11.1. The van der Waals surface area contributed by atoms with Gasteiger partial charge in [-0.2, -0.15) is 13.2 Å². The van der Waals surface area contributed by atoms with Gasteiger partial charge in [0.25, 0.3) is 0 Å². The summed E-state index contributed by atoms with van der Waals surface area (Å²) in [5.41, 5.74) is 1.08. The van der Waals surface area contributed by atoms with Crippen LogP contribution in [-0.2, 0) is 11.3 Å². The highest BCUT2D eigenvalue weighted by Gasteiger charge is 2.27. The summed E-state index contributed by atoms with van der Waals surface area (Å²) in [5, 5.41) is 5.02. The highest BCUT2D eigenvalue weighted by atomic mass is 32.2. The van der Waals surface area contributed by atoms with Crippen LogP contribution in [0.5, 0.6) is 0 Å². The third kappa shape index (κ3) is 7.40. The first-order chi connectivity index (χ1) is 9.40. The molecule has 0 atom stereocenters. The summed E-state index contributed by atoms with van der Waals surface area (Å²) in [5.74, 6) is -0.648. The molecule has 0 aliphatic rings. The molecule has 112 valence electrons. The van der Waals surface area contributed by atoms with E-state index in [-0.39, 0.29) is 5.75 Å². The quantitative estimate of drug-likeness (QED) is 0.761. The zero-order chi connectivity index (χ0) is 15.0. The van der Waals surface area contributed by atoms with Crippen LogP contribution in [0.25, 0.3) is 0 Å². The Morgan fingerprint density at radius 3 is 2.75 bits per heavy atom. The molecule has 0 aliphatic heterocycles. The van der Waals surface area contributed by atoms with Gasteiger partial charge in [0.1, 0.15) is 6.54 Å². The summed E-state index contributed by atoms with van der Waals surface area (Å²) in [4.78, 5) is 12.1. The Morgan fingerprint density at radius 2 is 2.10 bits per heavy atom. The number of nitrogens with one attached hydrogen (secondary N) is 2. The second kappa shape index (κ2) is 8.16. The van der Waals surface area contributed by atoms with Gasteiger partial charge in [-0.15, -0.1) is 11.8 Å². The van der Waals surface area contributed by atoms with E-state index in [0.29, 0.717) is 0 Å². The fraction of sp³-hybridized carbons (Fsp3) is 0.462. The van der Waals surface area contributed by atoms with Crippen molar-refractivity contribution < 1.29 is 18.0 Å². The van der Waals surface area contributed by atoms with Crippen molar-refractivity contribution in [1.29, 1.82) is 0 Å². The van der Waals surface area contributed by atoms with Crippen LogP contribution in [0.2, 0.25) is 0 Å². The lowest BCUT2D eigenvalue weighted by Gasteiger charge is -2.08. The van der Waals surface area contributed by atoms with Gasteiger partial charge in [0, 0.05) is 11.4 Å². The van der Waals surface area contributed by atoms with E-state index in [1.165, 1.54) is 11.8 Å². The fourth-order valence-electron chi connectivity index (χ4n) is 1.41. The number of alkyl halides is 3. The van der Waals surface area contributed by atoms with Gasteiger partial charge in [0.05, 0.1) is 5.75 Å². The van der Waals surface area contributed by atoms with E-state index in [0.717, 1.165) is 23.5 Å². The number of halogens is 3. The van der Waals surface area contributed by atoms with Gasteiger partial charge in [-0.25, -0.2) is 0 Å². The smallest absolute Gasteiger partial charge is 0.346 e. The number of carbonyl (C=O) groups excluding carboxylic acids is 1. The number of hydrogen-bond donors (Lipinski definition) is 2. The molecule has 2 N–H and O–H groups in total. The summed E-state index contributed by atoms with van der Waals surface area (Å²) >= 11 is 1.22. The first-order valence-electron chi connectivity index (χ1n) is 6.16. The van der Waals surface area contributed by atoms with E-state index in [2.05, 4.69) is 5.32 Å². The monoisotopic (exact) mass is 306 g/mol. The summed E-state index contributed by atoms with van der Waals surface area (Å²) in [6.07, 6.45) is -4.37. The molecule has 0 aromatic heterocycles. The molecule has 1 rings (SSSR count). The van der Waals surface area contributed by atoms with E-state index >= 15 is 0 Å². The van der Waals surface area contributed by atoms with Crippen LogP contribution in [0.15, 0.2) is 29.2 Å². The molecule has 0 bridgehead atoms. The van der Waals surface area contributed by atoms with Crippen LogP contribution in [0.1, 0.15) is 12.5 Å². The highest BCUT2D eigenvalue weighted by Crippen LogP contribution is 2.19. The van der Waals surface area contributed by atoms with Crippen molar-refractivity contribution in [3.05, 3.63) is 29.8 Å². The van der Waals surface area contributed by atoms with Crippen molar-refractivity contribution in [2.75, 3.05) is 18.8 Å². The van der Waals surface area contributed by atoms with Crippen LogP contribution < -0.4 is 10.6 Å². The highest BCUT2D eigenvalue weighted by molar-refractivity contribution is 8.00. The molecule has 7 heteroatoms. The molecular formula is C13H17F3N2OS. The van der Waals surface area contributed by atoms with E-state index < -0.39 is 18.6 Å². The number of carbonyl (C=O) groups is 1. The molecule has 0 radical (unpaired) electrons. The molecule has 0 saturated heterocycles. The Labute approximate surface area is 120 Å². The molecule has 1 amide bonds. The second-order valence-corrected chi connectivity index (χ2v) is 5.16. The maximum Gasteiger partial charge on any atom is 0.405 e. The van der Waals surface area contributed by atoms with Crippen LogP contribution in [0.3, 0.4) is 0 Å². The maximum absolute atomic E-state index is 11.9. The van der Waals surface area contributed by atoms with Crippen LogP contribution in [0.4, 0.5) is 13.2 Å². The van der Waals surface area contributed by atoms with E-state index in [9.17, 15) is 18.0 Å². The summed E-state index contributed by atoms with van der Waals surface area (Å²) in [7, 11) is 0. The van der Waals surface area contributed by atoms with Crippen molar-refractivity contribution in [2.45, 2.75) is 24.5 Å². The number of thioether (sulfide) groups is 1. The van der Waals surface area contributed by atoms with Crippen LogP contribution >= 0.6 is 11.8 Å². The van der Waals surface area contributed by atoms with Crippen molar-refractivity contribution in [2.24, 2.45) is 0 Å². The Bertz CT molecular complexity index is 438. The largest absolute Gasteiger partial charge is 0.405 e. The number of rotatable bonds is 7. The van der Waals surface area contributed by atoms with Crippen LogP contribution in [-0.4, -0.2) is 30.9 Å². The standard InChI is InChI=1S/C13H17F3N2OS/c1-2-17-7-10-4-3-5-11(6-10)20-8-12(19)18-9-13(14,15)16/h3-6,17H,2,7-9H2,1H3,(H,18,19). The first-order valence-corrected chi connectivity index (χ1v) is 7.15. The molecule has 0 spiro atoms. The summed E-state index contributed by atoms with van der Waals surface area (Å²) < 4.78 is 35.8. The van der Waals surface area contributed by atoms with Gasteiger partial charge >= 0.3 is 6.18 Å². The minimum absolute atomic E-state index is 0.0270. The van der Waals surface area contributed by atoms with E-state index in [4.69, 9.17) is 0 Å². The van der Waals surface area contributed by atoms with Gasteiger partial charge in [-0.3, -0.25) is 4.79 Å². The Hall–Kier alpha value is -1.21. The molecule has 1 aromatic rings. The second-order valence-electron chi connectivity index (χ2n) is 4.11. The topological polar surface area (TPSA) is 41.1 Å². The Morgan fingerprint density at radius 1 is 1.35 bits per heavy atom. The number of amides is 1. The van der Waals surface area contributed by atoms with Gasteiger partial charge in [-0.05, 0) is 24.2 Å². The average Bonchev–Trinajstić information content (AvgIpc) is 2.40. The molecule has 1 aromatic carbocycles. The summed E-state index contributed by atoms with van der Waals surface area (Å²) in [6.45, 7) is 2.30. The molecule has 20 heavy (non-hydrogen) atoms. The molecule has 0 saturated carbocycles. The molecular weight excluding hydrogens is 289 g/mol. The predicted molar refractivity (Wildman–Crippen MR) is 73.6 cm³/mol. The maximum atomic E-state index is 11.9. The minimum Gasteiger partial charge on any atom is -0.346 e. The molecule has 0 unspecified atom stereocenters. The van der Waals surface area contributed by atoms with Gasteiger partial charge in [-0.1, -0.05) is 19.1 Å². The van der Waals surface area contributed by atoms with Crippen molar-refractivity contribution in [3.8, 4) is 0 Å². The average molecular weight is 306 g/mol. The molecule has 0 heterocycles. The molecule has 0 fully saturated rings. The number of benzene rings is 1. The van der Waals surface area contributed by atoms with Gasteiger partial charge in [0.15, 0.2) is 0 Å². The normalized spacial score (nSPS) is 11.4. The molecule has 0 aliphatic carbocycles. The van der Waals surface area contributed by atoms with E-state index in [1.54, 1.807) is 0 Å². The minimum atomic E-state index is -4.37. The SMILES string of the molecule is CCNCc1cccc(SCC(=O)NCC(F)(F)F)c1. The Kier molecular flexibility index (Phi) is 6.87. The number of hydrogen-bond acceptors (Lipinski definition) is 3. The van der Waals surface area contributed by atoms with Gasteiger partial charge < -0.3 is 10.6 Å². The first kappa shape index (κ1) is 16.8. The van der Waals surface area contributed by atoms with Crippen molar-refractivity contribution in [1.82, 2.24) is 10.6 Å². The summed E-state index contributed by atoms with van der Waals surface area (Å²) in [6, 6.07) is 7.57. The Balaban J connectivity index is 2.39. The lowest BCUT2D eigenvalue weighted by molar-refractivity contribution is -0.136. The third-order valence-corrected chi connectivity index (χ3v) is 3.33. The van der Waals surface area contributed by atoms with Crippen molar-refractivity contribution in [3.63, 3.8) is 0 Å². The molecule has 3 nitrogen and oxygen atoms in total. The lowest BCUT2D eigenvalue weighted by Crippen LogP contribution is -2.34. The third-order valence-electron chi connectivity index (χ3n) is 2.33. The van der Waals surface area contributed by atoms with E-state index in [1.807, 2.05) is 36.5 Å². The zero-order valence-corrected chi connectivity index (χ0v) is 11.9. The fourth-order valence-corrected chi connectivity index (χ4v) is 2.22. The van der Waals surface area contributed by atoms with Gasteiger partial charge in [0.2, 0.25) is 5.91 Å².